The molecule has 0 aliphatic rings. The van der Waals surface area contributed by atoms with Crippen molar-refractivity contribution in [2.45, 2.75) is 6.92 Å². The Hall–Kier alpha value is 0.790. The van der Waals surface area contributed by atoms with Gasteiger partial charge in [-0.25, -0.2) is 0 Å². The molecule has 0 atom stereocenters. The van der Waals surface area contributed by atoms with Gasteiger partial charge in [-0.05, 0) is 6.92 Å². The van der Waals surface area contributed by atoms with E-state index < -0.39 is 0 Å². The summed E-state index contributed by atoms with van der Waals surface area (Å²) in [4.78, 5) is 0. The molecule has 0 spiro atoms. The summed E-state index contributed by atoms with van der Waals surface area (Å²) in [5.41, 5.74) is 0. The summed E-state index contributed by atoms with van der Waals surface area (Å²) in [7, 11) is 0. The van der Waals surface area contributed by atoms with Gasteiger partial charge in [0, 0.05) is 32.5 Å². The van der Waals surface area contributed by atoms with Crippen molar-refractivity contribution in [1.29, 1.82) is 0 Å². The van der Waals surface area contributed by atoms with E-state index in [9.17, 15) is 0 Å². The maximum Gasteiger partial charge on any atom is 0.0697 e. The molecular weight excluding hydrogens is 259 g/mol. The van der Waals surface area contributed by atoms with Crippen LogP contribution in [0.2, 0.25) is 0 Å². The second kappa shape index (κ2) is 9.92. The fourth-order valence-corrected chi connectivity index (χ4v) is 0.209. The number of ether oxygens (including phenoxy) is 1. The zero-order valence-electron chi connectivity index (χ0n) is 4.48. The van der Waals surface area contributed by atoms with Gasteiger partial charge in [-0.15, -0.1) is 0 Å². The Morgan fingerprint density at radius 3 is 2.29 bits per heavy atom. The molecule has 0 aromatic rings. The van der Waals surface area contributed by atoms with Crippen molar-refractivity contribution in [3.8, 4) is 0 Å². The molecule has 0 rings (SSSR count). The number of aliphatic hydroxyl groups is 1. The maximum atomic E-state index is 8.07. The maximum absolute atomic E-state index is 8.07. The number of rotatable bonds is 3. The van der Waals surface area contributed by atoms with Crippen LogP contribution in [0.1, 0.15) is 6.92 Å². The minimum atomic E-state index is 0. The van der Waals surface area contributed by atoms with Crippen molar-refractivity contribution in [2.75, 3.05) is 19.8 Å². The molecule has 1 N–H and O–H groups in total. The van der Waals surface area contributed by atoms with E-state index in [1.165, 1.54) is 0 Å². The van der Waals surface area contributed by atoms with Gasteiger partial charge < -0.3 is 9.84 Å². The van der Waals surface area contributed by atoms with Crippen LogP contribution in [-0.2, 0) is 30.6 Å². The molecule has 0 heterocycles. The van der Waals surface area contributed by atoms with Crippen LogP contribution in [0.3, 0.4) is 0 Å². The molecular formula is C4H10HfO2. The summed E-state index contributed by atoms with van der Waals surface area (Å²) in [6.07, 6.45) is 0. The van der Waals surface area contributed by atoms with Gasteiger partial charge in [0.2, 0.25) is 0 Å². The van der Waals surface area contributed by atoms with Crippen molar-refractivity contribution in [2.24, 2.45) is 0 Å². The summed E-state index contributed by atoms with van der Waals surface area (Å²) < 4.78 is 4.73. The second-order valence-electron chi connectivity index (χ2n) is 0.921. The monoisotopic (exact) mass is 270 g/mol. The molecule has 0 saturated carbocycles. The summed E-state index contributed by atoms with van der Waals surface area (Å²) in [6, 6.07) is 0. The van der Waals surface area contributed by atoms with E-state index in [0.717, 1.165) is 0 Å². The van der Waals surface area contributed by atoms with Crippen molar-refractivity contribution in [3.05, 3.63) is 0 Å². The van der Waals surface area contributed by atoms with Crippen LogP contribution in [0.25, 0.3) is 0 Å². The predicted octanol–water partition coefficient (Wildman–Crippen LogP) is 0.0127. The van der Waals surface area contributed by atoms with E-state index >= 15 is 0 Å². The average molecular weight is 269 g/mol. The molecule has 0 aromatic carbocycles. The van der Waals surface area contributed by atoms with Crippen LogP contribution in [0.4, 0.5) is 0 Å². The Morgan fingerprint density at radius 1 is 1.57 bits per heavy atom. The topological polar surface area (TPSA) is 29.5 Å². The standard InChI is InChI=1S/C4H10O2.Hf/c1-2-6-4-3-5;/h5H,2-4H2,1H3;. The van der Waals surface area contributed by atoms with Crippen LogP contribution < -0.4 is 0 Å². The quantitative estimate of drug-likeness (QED) is 0.577. The Balaban J connectivity index is 0. The van der Waals surface area contributed by atoms with Crippen LogP contribution >= 0.6 is 0 Å². The van der Waals surface area contributed by atoms with Crippen molar-refractivity contribution < 1.29 is 35.7 Å². The van der Waals surface area contributed by atoms with Gasteiger partial charge in [0.1, 0.15) is 0 Å². The molecule has 0 aromatic heterocycles. The fourth-order valence-electron chi connectivity index (χ4n) is 0.209. The summed E-state index contributed by atoms with van der Waals surface area (Å²) in [5.74, 6) is 0. The van der Waals surface area contributed by atoms with E-state index in [1.807, 2.05) is 6.92 Å². The third-order valence-electron chi connectivity index (χ3n) is 0.440. The van der Waals surface area contributed by atoms with E-state index in [2.05, 4.69) is 0 Å². The number of aliphatic hydroxyl groups excluding tert-OH is 1. The van der Waals surface area contributed by atoms with Crippen molar-refractivity contribution >= 4 is 0 Å². The van der Waals surface area contributed by atoms with E-state index in [4.69, 9.17) is 9.84 Å². The van der Waals surface area contributed by atoms with Gasteiger partial charge in [0.05, 0.1) is 13.2 Å². The SMILES string of the molecule is CCOCCO.[Hf]. The second-order valence-corrected chi connectivity index (χ2v) is 0.921. The first-order valence-electron chi connectivity index (χ1n) is 2.10. The van der Waals surface area contributed by atoms with Crippen LogP contribution in [-0.4, -0.2) is 24.9 Å². The molecule has 0 radical (unpaired) electrons. The minimum Gasteiger partial charge on any atom is -0.394 e. The zero-order valence-corrected chi connectivity index (χ0v) is 8.07. The van der Waals surface area contributed by atoms with Gasteiger partial charge in [-0.2, -0.15) is 0 Å². The number of hydrogen-bond donors (Lipinski definition) is 1. The van der Waals surface area contributed by atoms with Gasteiger partial charge >= 0.3 is 0 Å². The molecule has 0 amide bonds. The fraction of sp³-hybridized carbons (Fsp3) is 1.00. The van der Waals surface area contributed by atoms with Gasteiger partial charge in [0.15, 0.2) is 0 Å². The molecule has 7 heavy (non-hydrogen) atoms. The first-order valence-corrected chi connectivity index (χ1v) is 2.10. The summed E-state index contributed by atoms with van der Waals surface area (Å²) >= 11 is 0. The van der Waals surface area contributed by atoms with Gasteiger partial charge in [-0.1, -0.05) is 0 Å². The van der Waals surface area contributed by atoms with Gasteiger partial charge in [-0.3, -0.25) is 0 Å². The van der Waals surface area contributed by atoms with Crippen LogP contribution in [0.5, 0.6) is 0 Å². The molecule has 0 bridgehead atoms. The molecule has 2 nitrogen and oxygen atoms in total. The number of hydrogen-bond acceptors (Lipinski definition) is 2. The van der Waals surface area contributed by atoms with Crippen molar-refractivity contribution in [3.63, 3.8) is 0 Å². The van der Waals surface area contributed by atoms with E-state index in [1.54, 1.807) is 0 Å². The Morgan fingerprint density at radius 2 is 2.14 bits per heavy atom. The third-order valence-corrected chi connectivity index (χ3v) is 0.440. The first-order chi connectivity index (χ1) is 2.91. The molecule has 0 saturated heterocycles. The van der Waals surface area contributed by atoms with E-state index in [0.29, 0.717) is 13.2 Å². The zero-order chi connectivity index (χ0) is 4.83. The van der Waals surface area contributed by atoms with Gasteiger partial charge in [0.25, 0.3) is 0 Å². The minimum absolute atomic E-state index is 0. The molecule has 0 fully saturated rings. The third kappa shape index (κ3) is 10.8. The molecule has 0 aliphatic carbocycles. The molecule has 0 unspecified atom stereocenters. The van der Waals surface area contributed by atoms with E-state index in [-0.39, 0.29) is 32.5 Å². The normalized spacial score (nSPS) is 7.71. The summed E-state index contributed by atoms with van der Waals surface area (Å²) in [6.45, 7) is 3.20. The average Bonchev–Trinajstić information content (AvgIpc) is 1.61. The van der Waals surface area contributed by atoms with Crippen LogP contribution in [0, 0.1) is 0 Å². The molecule has 3 heteroatoms. The first kappa shape index (κ1) is 10.7. The van der Waals surface area contributed by atoms with Crippen molar-refractivity contribution in [1.82, 2.24) is 0 Å². The molecule has 0 aliphatic heterocycles. The Kier molecular flexibility index (Phi) is 15.2. The molecule has 42 valence electrons. The smallest absolute Gasteiger partial charge is 0.0697 e. The van der Waals surface area contributed by atoms with Crippen LogP contribution in [0.15, 0.2) is 0 Å². The summed E-state index contributed by atoms with van der Waals surface area (Å²) in [5, 5.41) is 8.07. The predicted molar refractivity (Wildman–Crippen MR) is 23.6 cm³/mol. The Labute approximate surface area is 62.6 Å². The Bertz CT molecular complexity index is 21.7. The largest absolute Gasteiger partial charge is 0.394 e.